The minimum absolute atomic E-state index is 0.00227. The Morgan fingerprint density at radius 2 is 1.72 bits per heavy atom. The zero-order valence-electron chi connectivity index (χ0n) is 17.4. The molecule has 1 N–H and O–H groups in total. The van der Waals surface area contributed by atoms with Crippen LogP contribution >= 0.6 is 23.2 Å². The van der Waals surface area contributed by atoms with Crippen LogP contribution in [0.3, 0.4) is 0 Å². The van der Waals surface area contributed by atoms with Crippen molar-refractivity contribution in [1.29, 1.82) is 0 Å². The SMILES string of the molecule is CCCOc1c(C)cc(NC(=O)C2(c3ccc(Cl)cc3Cl)CCCCC2)cc1C. The highest BCUT2D eigenvalue weighted by atomic mass is 35.5. The Morgan fingerprint density at radius 3 is 2.31 bits per heavy atom. The third kappa shape index (κ3) is 4.73. The van der Waals surface area contributed by atoms with Crippen LogP contribution in [-0.4, -0.2) is 12.5 Å². The molecule has 0 saturated heterocycles. The molecule has 2 aromatic rings. The number of halogens is 2. The van der Waals surface area contributed by atoms with Gasteiger partial charge in [-0.3, -0.25) is 4.79 Å². The smallest absolute Gasteiger partial charge is 0.235 e. The first kappa shape index (κ1) is 22.0. The lowest BCUT2D eigenvalue weighted by molar-refractivity contribution is -0.122. The first-order chi connectivity index (χ1) is 13.9. The molecule has 2 aromatic carbocycles. The monoisotopic (exact) mass is 433 g/mol. The van der Waals surface area contributed by atoms with E-state index in [0.717, 1.165) is 66.7 Å². The Balaban J connectivity index is 1.92. The lowest BCUT2D eigenvalue weighted by Gasteiger charge is -2.37. The van der Waals surface area contributed by atoms with Crippen molar-refractivity contribution in [3.05, 3.63) is 57.1 Å². The fraction of sp³-hybridized carbons (Fsp3) is 0.458. The van der Waals surface area contributed by atoms with Crippen molar-refractivity contribution < 1.29 is 9.53 Å². The topological polar surface area (TPSA) is 38.3 Å². The van der Waals surface area contributed by atoms with Gasteiger partial charge in [0.25, 0.3) is 0 Å². The van der Waals surface area contributed by atoms with Crippen molar-refractivity contribution in [1.82, 2.24) is 0 Å². The van der Waals surface area contributed by atoms with Crippen molar-refractivity contribution in [2.75, 3.05) is 11.9 Å². The molecule has 0 bridgehead atoms. The van der Waals surface area contributed by atoms with Crippen molar-refractivity contribution >= 4 is 34.8 Å². The molecule has 0 atom stereocenters. The van der Waals surface area contributed by atoms with Crippen LogP contribution < -0.4 is 10.1 Å². The number of hydrogen-bond acceptors (Lipinski definition) is 2. The molecule has 0 spiro atoms. The van der Waals surface area contributed by atoms with Gasteiger partial charge in [-0.1, -0.05) is 55.5 Å². The summed E-state index contributed by atoms with van der Waals surface area (Å²) in [6, 6.07) is 9.43. The van der Waals surface area contributed by atoms with E-state index in [1.54, 1.807) is 6.07 Å². The van der Waals surface area contributed by atoms with E-state index in [4.69, 9.17) is 27.9 Å². The van der Waals surface area contributed by atoms with E-state index in [9.17, 15) is 4.79 Å². The van der Waals surface area contributed by atoms with Crippen molar-refractivity contribution in [2.24, 2.45) is 0 Å². The van der Waals surface area contributed by atoms with E-state index in [0.29, 0.717) is 16.7 Å². The molecule has 1 amide bonds. The fourth-order valence-electron chi connectivity index (χ4n) is 4.36. The van der Waals surface area contributed by atoms with Gasteiger partial charge in [0.05, 0.1) is 12.0 Å². The van der Waals surface area contributed by atoms with E-state index in [-0.39, 0.29) is 5.91 Å². The largest absolute Gasteiger partial charge is 0.493 e. The highest BCUT2D eigenvalue weighted by molar-refractivity contribution is 6.35. The van der Waals surface area contributed by atoms with E-state index < -0.39 is 5.41 Å². The Morgan fingerprint density at radius 1 is 1.07 bits per heavy atom. The molecule has 29 heavy (non-hydrogen) atoms. The summed E-state index contributed by atoms with van der Waals surface area (Å²) < 4.78 is 5.87. The van der Waals surface area contributed by atoms with Gasteiger partial charge >= 0.3 is 0 Å². The molecule has 0 aromatic heterocycles. The minimum atomic E-state index is -0.626. The maximum Gasteiger partial charge on any atom is 0.235 e. The molecule has 0 heterocycles. The summed E-state index contributed by atoms with van der Waals surface area (Å²) in [6.07, 6.45) is 5.69. The van der Waals surface area contributed by atoms with Crippen LogP contribution in [0.2, 0.25) is 10.0 Å². The van der Waals surface area contributed by atoms with Gasteiger partial charge in [-0.15, -0.1) is 0 Å². The fourth-order valence-corrected chi connectivity index (χ4v) is 4.95. The van der Waals surface area contributed by atoms with E-state index >= 15 is 0 Å². The van der Waals surface area contributed by atoms with Gasteiger partial charge in [0.15, 0.2) is 0 Å². The maximum absolute atomic E-state index is 13.6. The van der Waals surface area contributed by atoms with E-state index in [1.807, 2.05) is 38.1 Å². The Kier molecular flexibility index (Phi) is 7.13. The summed E-state index contributed by atoms with van der Waals surface area (Å²) in [6.45, 7) is 6.80. The van der Waals surface area contributed by atoms with Crippen LogP contribution in [0.25, 0.3) is 0 Å². The lowest BCUT2D eigenvalue weighted by atomic mass is 9.68. The van der Waals surface area contributed by atoms with Gasteiger partial charge in [0.2, 0.25) is 5.91 Å². The average Bonchev–Trinajstić information content (AvgIpc) is 2.68. The first-order valence-corrected chi connectivity index (χ1v) is 11.1. The number of aryl methyl sites for hydroxylation is 2. The predicted molar refractivity (Wildman–Crippen MR) is 122 cm³/mol. The number of hydrogen-bond donors (Lipinski definition) is 1. The highest BCUT2D eigenvalue weighted by Gasteiger charge is 2.42. The quantitative estimate of drug-likeness (QED) is 0.520. The van der Waals surface area contributed by atoms with Crippen LogP contribution in [0.5, 0.6) is 5.75 Å². The van der Waals surface area contributed by atoms with Crippen LogP contribution in [-0.2, 0) is 10.2 Å². The predicted octanol–water partition coefficient (Wildman–Crippen LogP) is 7.24. The van der Waals surface area contributed by atoms with Crippen LogP contribution in [0.4, 0.5) is 5.69 Å². The number of rotatable bonds is 6. The van der Waals surface area contributed by atoms with Gasteiger partial charge in [-0.25, -0.2) is 0 Å². The minimum Gasteiger partial charge on any atom is -0.493 e. The van der Waals surface area contributed by atoms with E-state index in [1.165, 1.54) is 0 Å². The van der Waals surface area contributed by atoms with Crippen molar-refractivity contribution in [2.45, 2.75) is 64.7 Å². The Bertz CT molecular complexity index is 865. The zero-order chi connectivity index (χ0) is 21.0. The molecule has 1 saturated carbocycles. The molecule has 1 fully saturated rings. The summed E-state index contributed by atoms with van der Waals surface area (Å²) in [5.41, 5.74) is 3.09. The second-order valence-electron chi connectivity index (χ2n) is 8.01. The second-order valence-corrected chi connectivity index (χ2v) is 8.85. The third-order valence-electron chi connectivity index (χ3n) is 5.76. The number of benzene rings is 2. The number of carbonyl (C=O) groups excluding carboxylic acids is 1. The van der Waals surface area contributed by atoms with Gasteiger partial charge < -0.3 is 10.1 Å². The molecule has 1 aliphatic carbocycles. The number of nitrogens with one attached hydrogen (secondary N) is 1. The highest BCUT2D eigenvalue weighted by Crippen LogP contribution is 2.44. The summed E-state index contributed by atoms with van der Waals surface area (Å²) in [4.78, 5) is 13.6. The van der Waals surface area contributed by atoms with E-state index in [2.05, 4.69) is 12.2 Å². The van der Waals surface area contributed by atoms with Gasteiger partial charge in [-0.2, -0.15) is 0 Å². The van der Waals surface area contributed by atoms with Gasteiger partial charge in [-0.05, 0) is 74.1 Å². The number of ether oxygens (including phenoxy) is 1. The van der Waals surface area contributed by atoms with Gasteiger partial charge in [0.1, 0.15) is 5.75 Å². The molecule has 1 aliphatic rings. The number of anilines is 1. The standard InChI is InChI=1S/C24H29Cl2NO2/c1-4-12-29-22-16(2)13-19(14-17(22)3)27-23(28)24(10-6-5-7-11-24)20-9-8-18(25)15-21(20)26/h8-9,13-15H,4-7,10-12H2,1-3H3,(H,27,28). The summed E-state index contributed by atoms with van der Waals surface area (Å²) in [7, 11) is 0. The molecule has 0 aliphatic heterocycles. The number of carbonyl (C=O) groups is 1. The molecule has 0 radical (unpaired) electrons. The van der Waals surface area contributed by atoms with Crippen LogP contribution in [0.1, 0.15) is 62.1 Å². The molecule has 5 heteroatoms. The molecular weight excluding hydrogens is 405 g/mol. The first-order valence-electron chi connectivity index (χ1n) is 10.4. The zero-order valence-corrected chi connectivity index (χ0v) is 18.9. The average molecular weight is 434 g/mol. The third-order valence-corrected chi connectivity index (χ3v) is 6.30. The lowest BCUT2D eigenvalue weighted by Crippen LogP contribution is -2.42. The molecule has 156 valence electrons. The normalized spacial score (nSPS) is 15.8. The van der Waals surface area contributed by atoms with Gasteiger partial charge in [0, 0.05) is 15.7 Å². The number of amides is 1. The Hall–Kier alpha value is -1.71. The van der Waals surface area contributed by atoms with Crippen molar-refractivity contribution in [3.8, 4) is 5.75 Å². The van der Waals surface area contributed by atoms with Crippen molar-refractivity contribution in [3.63, 3.8) is 0 Å². The van der Waals surface area contributed by atoms with Crippen LogP contribution in [0.15, 0.2) is 30.3 Å². The molecule has 3 nitrogen and oxygen atoms in total. The second kappa shape index (κ2) is 9.40. The summed E-state index contributed by atoms with van der Waals surface area (Å²) >= 11 is 12.6. The summed E-state index contributed by atoms with van der Waals surface area (Å²) in [5.74, 6) is 0.903. The molecule has 3 rings (SSSR count). The molecule has 0 unspecified atom stereocenters. The Labute approximate surface area is 183 Å². The molecular formula is C24H29Cl2NO2. The van der Waals surface area contributed by atoms with Crippen LogP contribution in [0, 0.1) is 13.8 Å². The summed E-state index contributed by atoms with van der Waals surface area (Å²) in [5, 5.41) is 4.31. The maximum atomic E-state index is 13.6.